The molecule has 0 heterocycles. The molecule has 0 saturated heterocycles. The third kappa shape index (κ3) is 4.98. The minimum absolute atomic E-state index is 0.452. The number of benzene rings is 1. The van der Waals surface area contributed by atoms with Gasteiger partial charge in [0.1, 0.15) is 0 Å². The second kappa shape index (κ2) is 6.48. The Labute approximate surface area is 105 Å². The topological polar surface area (TPSA) is 24.1 Å². The molecule has 1 aromatic carbocycles. The lowest BCUT2D eigenvalue weighted by Gasteiger charge is -2.13. The second-order valence-electron chi connectivity index (χ2n) is 3.62. The number of nitrogens with one attached hydrogen (secondary N) is 2. The van der Waals surface area contributed by atoms with Crippen molar-refractivity contribution in [2.45, 2.75) is 19.5 Å². The third-order valence-corrected chi connectivity index (χ3v) is 2.76. The first-order valence-electron chi connectivity index (χ1n) is 4.94. The number of hydrogen-bond acceptors (Lipinski definition) is 2. The van der Waals surface area contributed by atoms with Gasteiger partial charge in [0.15, 0.2) is 0 Å². The fourth-order valence-electron chi connectivity index (χ4n) is 1.38. The van der Waals surface area contributed by atoms with E-state index in [4.69, 9.17) is 11.6 Å². The zero-order valence-electron chi connectivity index (χ0n) is 8.98. The average molecular weight is 292 g/mol. The molecule has 0 fully saturated rings. The molecule has 0 saturated carbocycles. The van der Waals surface area contributed by atoms with Gasteiger partial charge in [-0.05, 0) is 37.7 Å². The van der Waals surface area contributed by atoms with E-state index in [1.54, 1.807) is 0 Å². The van der Waals surface area contributed by atoms with Crippen molar-refractivity contribution in [3.05, 3.63) is 33.3 Å². The number of hydrogen-bond donors (Lipinski definition) is 2. The molecule has 1 atom stereocenters. The van der Waals surface area contributed by atoms with Gasteiger partial charge in [0, 0.05) is 28.6 Å². The summed E-state index contributed by atoms with van der Waals surface area (Å²) in [5.74, 6) is 0. The summed E-state index contributed by atoms with van der Waals surface area (Å²) < 4.78 is 1.02. The lowest BCUT2D eigenvalue weighted by molar-refractivity contribution is 0.523. The van der Waals surface area contributed by atoms with E-state index in [1.165, 1.54) is 5.56 Å². The van der Waals surface area contributed by atoms with Gasteiger partial charge in [-0.3, -0.25) is 0 Å². The predicted octanol–water partition coefficient (Wildman–Crippen LogP) is 2.80. The van der Waals surface area contributed by atoms with Crippen LogP contribution in [0.4, 0.5) is 0 Å². The van der Waals surface area contributed by atoms with E-state index < -0.39 is 0 Å². The molecule has 1 aromatic rings. The summed E-state index contributed by atoms with van der Waals surface area (Å²) in [6.07, 6.45) is 0. The Bertz CT molecular complexity index is 297. The molecule has 0 aliphatic carbocycles. The molecule has 1 unspecified atom stereocenters. The van der Waals surface area contributed by atoms with Crippen LogP contribution in [-0.2, 0) is 6.54 Å². The molecule has 2 nitrogen and oxygen atoms in total. The number of rotatable bonds is 5. The Morgan fingerprint density at radius 1 is 1.40 bits per heavy atom. The summed E-state index contributed by atoms with van der Waals surface area (Å²) in [5.41, 5.74) is 1.19. The fourth-order valence-corrected chi connectivity index (χ4v) is 2.31. The average Bonchev–Trinajstić information content (AvgIpc) is 2.14. The van der Waals surface area contributed by atoms with Crippen LogP contribution in [0.3, 0.4) is 0 Å². The minimum atomic E-state index is 0.452. The van der Waals surface area contributed by atoms with Crippen LogP contribution in [0.15, 0.2) is 22.7 Å². The molecule has 0 spiro atoms. The quantitative estimate of drug-likeness (QED) is 0.872. The van der Waals surface area contributed by atoms with E-state index in [9.17, 15) is 0 Å². The smallest absolute Gasteiger partial charge is 0.0420 e. The molecular weight excluding hydrogens is 275 g/mol. The Hall–Kier alpha value is -0.0900. The molecule has 2 N–H and O–H groups in total. The van der Waals surface area contributed by atoms with Gasteiger partial charge in [-0.25, -0.2) is 0 Å². The van der Waals surface area contributed by atoms with Crippen LogP contribution in [0.1, 0.15) is 12.5 Å². The maximum absolute atomic E-state index is 5.96. The van der Waals surface area contributed by atoms with Crippen molar-refractivity contribution < 1.29 is 0 Å². The maximum Gasteiger partial charge on any atom is 0.0420 e. The van der Waals surface area contributed by atoms with Crippen LogP contribution in [0.25, 0.3) is 0 Å². The summed E-state index contributed by atoms with van der Waals surface area (Å²) in [6.45, 7) is 3.94. The Balaban J connectivity index is 2.50. The largest absolute Gasteiger partial charge is 0.318 e. The molecule has 0 radical (unpaired) electrons. The molecule has 1 rings (SSSR count). The Kier molecular flexibility index (Phi) is 5.61. The molecule has 15 heavy (non-hydrogen) atoms. The SMILES string of the molecule is CNCC(C)NCc1cc(Cl)cc(Br)c1. The van der Waals surface area contributed by atoms with E-state index in [0.717, 1.165) is 22.6 Å². The van der Waals surface area contributed by atoms with E-state index in [1.807, 2.05) is 19.2 Å². The van der Waals surface area contributed by atoms with Crippen molar-refractivity contribution in [2.75, 3.05) is 13.6 Å². The standard InChI is InChI=1S/C11H16BrClN2/c1-8(6-14-2)15-7-9-3-10(12)5-11(13)4-9/h3-5,8,14-15H,6-7H2,1-2H3. The van der Waals surface area contributed by atoms with Gasteiger partial charge in [-0.1, -0.05) is 27.5 Å². The number of likely N-dealkylation sites (N-methyl/N-ethyl adjacent to an activating group) is 1. The van der Waals surface area contributed by atoms with Crippen molar-refractivity contribution in [3.8, 4) is 0 Å². The van der Waals surface area contributed by atoms with Crippen LogP contribution >= 0.6 is 27.5 Å². The van der Waals surface area contributed by atoms with Crippen molar-refractivity contribution in [1.29, 1.82) is 0 Å². The van der Waals surface area contributed by atoms with Crippen molar-refractivity contribution >= 4 is 27.5 Å². The highest BCUT2D eigenvalue weighted by Crippen LogP contribution is 2.19. The predicted molar refractivity (Wildman–Crippen MR) is 69.4 cm³/mol. The zero-order chi connectivity index (χ0) is 11.3. The third-order valence-electron chi connectivity index (χ3n) is 2.09. The van der Waals surface area contributed by atoms with Crippen LogP contribution < -0.4 is 10.6 Å². The zero-order valence-corrected chi connectivity index (χ0v) is 11.3. The summed E-state index contributed by atoms with van der Waals surface area (Å²) in [4.78, 5) is 0. The van der Waals surface area contributed by atoms with E-state index in [2.05, 4.69) is 39.6 Å². The van der Waals surface area contributed by atoms with Crippen LogP contribution in [0, 0.1) is 0 Å². The molecule has 84 valence electrons. The van der Waals surface area contributed by atoms with Crippen LogP contribution in [0.5, 0.6) is 0 Å². The molecular formula is C11H16BrClN2. The first-order valence-corrected chi connectivity index (χ1v) is 6.12. The van der Waals surface area contributed by atoms with Crippen molar-refractivity contribution in [1.82, 2.24) is 10.6 Å². The highest BCUT2D eigenvalue weighted by Gasteiger charge is 2.01. The van der Waals surface area contributed by atoms with Crippen LogP contribution in [0.2, 0.25) is 5.02 Å². The minimum Gasteiger partial charge on any atom is -0.318 e. The summed E-state index contributed by atoms with van der Waals surface area (Å²) in [7, 11) is 1.95. The number of halogens is 2. The first-order chi connectivity index (χ1) is 7.11. The van der Waals surface area contributed by atoms with Crippen molar-refractivity contribution in [2.24, 2.45) is 0 Å². The van der Waals surface area contributed by atoms with Gasteiger partial charge in [0.25, 0.3) is 0 Å². The first kappa shape index (κ1) is 13.0. The maximum atomic E-state index is 5.96. The molecule has 0 amide bonds. The Morgan fingerprint density at radius 2 is 2.13 bits per heavy atom. The Morgan fingerprint density at radius 3 is 2.73 bits per heavy atom. The van der Waals surface area contributed by atoms with E-state index in [0.29, 0.717) is 6.04 Å². The molecule has 0 aliphatic heterocycles. The molecule has 0 aliphatic rings. The van der Waals surface area contributed by atoms with Crippen LogP contribution in [-0.4, -0.2) is 19.6 Å². The van der Waals surface area contributed by atoms with Gasteiger partial charge in [-0.15, -0.1) is 0 Å². The molecule has 0 bridgehead atoms. The monoisotopic (exact) mass is 290 g/mol. The second-order valence-corrected chi connectivity index (χ2v) is 4.97. The lowest BCUT2D eigenvalue weighted by Crippen LogP contribution is -2.34. The van der Waals surface area contributed by atoms with Gasteiger partial charge in [-0.2, -0.15) is 0 Å². The van der Waals surface area contributed by atoms with E-state index >= 15 is 0 Å². The van der Waals surface area contributed by atoms with Gasteiger partial charge < -0.3 is 10.6 Å². The highest BCUT2D eigenvalue weighted by molar-refractivity contribution is 9.10. The summed E-state index contributed by atoms with van der Waals surface area (Å²) in [5, 5.41) is 7.31. The normalized spacial score (nSPS) is 12.8. The van der Waals surface area contributed by atoms with Gasteiger partial charge in [0.2, 0.25) is 0 Å². The van der Waals surface area contributed by atoms with Crippen molar-refractivity contribution in [3.63, 3.8) is 0 Å². The van der Waals surface area contributed by atoms with Gasteiger partial charge >= 0.3 is 0 Å². The van der Waals surface area contributed by atoms with E-state index in [-0.39, 0.29) is 0 Å². The van der Waals surface area contributed by atoms with Gasteiger partial charge in [0.05, 0.1) is 0 Å². The summed E-state index contributed by atoms with van der Waals surface area (Å²) >= 11 is 9.38. The summed E-state index contributed by atoms with van der Waals surface area (Å²) in [6, 6.07) is 6.39. The molecule has 0 aromatic heterocycles. The lowest BCUT2D eigenvalue weighted by atomic mass is 10.2. The molecule has 4 heteroatoms. The fraction of sp³-hybridized carbons (Fsp3) is 0.455. The highest BCUT2D eigenvalue weighted by atomic mass is 79.9.